The highest BCUT2D eigenvalue weighted by Crippen LogP contribution is 2.48. The van der Waals surface area contributed by atoms with Crippen molar-refractivity contribution in [2.45, 2.75) is 32.6 Å². The molecule has 0 radical (unpaired) electrons. The number of nitrogens with zero attached hydrogens (tertiary/aromatic N) is 2. The molecule has 2 amide bonds. The van der Waals surface area contributed by atoms with E-state index in [0.717, 1.165) is 22.4 Å². The van der Waals surface area contributed by atoms with Gasteiger partial charge in [0.1, 0.15) is 12.5 Å². The van der Waals surface area contributed by atoms with Crippen LogP contribution in [0.2, 0.25) is 0 Å². The van der Waals surface area contributed by atoms with Crippen LogP contribution in [0.15, 0.2) is 103 Å². The highest BCUT2D eigenvalue weighted by molar-refractivity contribution is 6.24. The lowest BCUT2D eigenvalue weighted by molar-refractivity contribution is -0.126. The number of carbonyl (C=O) groups excluding carboxylic acids is 2. The maximum atomic E-state index is 13.9. The lowest BCUT2D eigenvalue weighted by Crippen LogP contribution is -2.37. The van der Waals surface area contributed by atoms with Crippen LogP contribution in [-0.2, 0) is 21.0 Å². The summed E-state index contributed by atoms with van der Waals surface area (Å²) in [6.45, 7) is 4.69. The van der Waals surface area contributed by atoms with E-state index in [2.05, 4.69) is 0 Å². The minimum Gasteiger partial charge on any atom is -0.490 e. The third kappa shape index (κ3) is 4.69. The number of fused-ring (bicyclic) bond motifs is 1. The molecule has 0 aliphatic carbocycles. The monoisotopic (exact) mass is 534 g/mol. The Morgan fingerprint density at radius 1 is 0.750 bits per heavy atom. The summed E-state index contributed by atoms with van der Waals surface area (Å²) in [5.74, 6) is -0.215. The molecule has 6 rings (SSSR count). The van der Waals surface area contributed by atoms with Crippen molar-refractivity contribution >= 4 is 23.2 Å². The molecule has 0 bridgehead atoms. The molecule has 4 aromatic carbocycles. The van der Waals surface area contributed by atoms with Gasteiger partial charge in [-0.2, -0.15) is 0 Å². The summed E-state index contributed by atoms with van der Waals surface area (Å²) in [4.78, 5) is 35.1. The van der Waals surface area contributed by atoms with Gasteiger partial charge >= 0.3 is 0 Å². The molecule has 3 atom stereocenters. The fraction of sp³-hybridized carbons (Fsp3) is 0.212. The van der Waals surface area contributed by atoms with Gasteiger partial charge in [-0.15, -0.1) is 0 Å². The second-order valence-corrected chi connectivity index (χ2v) is 9.92. The van der Waals surface area contributed by atoms with E-state index < -0.39 is 18.1 Å². The largest absolute Gasteiger partial charge is 0.490 e. The molecule has 2 fully saturated rings. The second-order valence-electron chi connectivity index (χ2n) is 9.92. The topological polar surface area (TPSA) is 68.3 Å². The van der Waals surface area contributed by atoms with Crippen LogP contribution in [0.25, 0.3) is 0 Å². The van der Waals surface area contributed by atoms with Crippen LogP contribution in [0.1, 0.15) is 29.7 Å². The predicted molar refractivity (Wildman–Crippen MR) is 152 cm³/mol. The van der Waals surface area contributed by atoms with Gasteiger partial charge in [-0.1, -0.05) is 66.7 Å². The molecule has 0 N–H and O–H groups in total. The van der Waals surface area contributed by atoms with Gasteiger partial charge in [0.05, 0.1) is 24.0 Å². The molecular formula is C33H30N2O5. The third-order valence-electron chi connectivity index (χ3n) is 7.23. The number of hydrogen-bond donors (Lipinski definition) is 0. The van der Waals surface area contributed by atoms with Crippen molar-refractivity contribution in [2.75, 3.05) is 16.6 Å². The van der Waals surface area contributed by atoms with E-state index in [0.29, 0.717) is 30.4 Å². The maximum Gasteiger partial charge on any atom is 0.266 e. The van der Waals surface area contributed by atoms with E-state index in [-0.39, 0.29) is 11.8 Å². The Labute approximate surface area is 233 Å². The number of anilines is 2. The standard InChI is InChI=1S/C33H30N2O5/c1-3-38-28-20-24(17-18-27(28)39-21-23-12-6-4-7-13-23)30-29-31(40-35(30)25-14-8-5-9-15-25)33(37)34(32(29)36)26-16-10-11-22(2)19-26/h4-20,29-31H,3,21H2,1-2H3/t29-,30+,31+/m0/s1. The van der Waals surface area contributed by atoms with Crippen molar-refractivity contribution in [1.29, 1.82) is 0 Å². The van der Waals surface area contributed by atoms with E-state index in [1.54, 1.807) is 11.1 Å². The van der Waals surface area contributed by atoms with Crippen LogP contribution in [0.3, 0.4) is 0 Å². The van der Waals surface area contributed by atoms with Crippen molar-refractivity contribution < 1.29 is 23.9 Å². The average Bonchev–Trinajstić information content (AvgIpc) is 3.49. The minimum atomic E-state index is -0.942. The maximum absolute atomic E-state index is 13.9. The smallest absolute Gasteiger partial charge is 0.266 e. The number of carbonyl (C=O) groups is 2. The Morgan fingerprint density at radius 2 is 1.48 bits per heavy atom. The van der Waals surface area contributed by atoms with E-state index in [4.69, 9.17) is 14.3 Å². The molecule has 202 valence electrons. The summed E-state index contributed by atoms with van der Waals surface area (Å²) in [7, 11) is 0. The Balaban J connectivity index is 1.38. The first-order valence-electron chi connectivity index (χ1n) is 13.4. The van der Waals surface area contributed by atoms with Crippen LogP contribution in [0.4, 0.5) is 11.4 Å². The summed E-state index contributed by atoms with van der Waals surface area (Å²) in [5.41, 5.74) is 4.11. The van der Waals surface area contributed by atoms with Gasteiger partial charge in [-0.3, -0.25) is 14.4 Å². The molecule has 0 unspecified atom stereocenters. The lowest BCUT2D eigenvalue weighted by Gasteiger charge is -2.29. The van der Waals surface area contributed by atoms with Crippen molar-refractivity contribution in [3.63, 3.8) is 0 Å². The van der Waals surface area contributed by atoms with Gasteiger partial charge in [0.15, 0.2) is 17.6 Å². The summed E-state index contributed by atoms with van der Waals surface area (Å²) < 4.78 is 12.1. The molecule has 40 heavy (non-hydrogen) atoms. The molecule has 2 saturated heterocycles. The summed E-state index contributed by atoms with van der Waals surface area (Å²) in [5, 5.41) is 1.69. The van der Waals surface area contributed by atoms with Crippen LogP contribution in [-0.4, -0.2) is 24.5 Å². The molecule has 7 nitrogen and oxygen atoms in total. The summed E-state index contributed by atoms with van der Waals surface area (Å²) in [6, 6.07) is 32.0. The Morgan fingerprint density at radius 3 is 2.20 bits per heavy atom. The molecule has 2 aliphatic heterocycles. The van der Waals surface area contributed by atoms with Gasteiger partial charge < -0.3 is 9.47 Å². The van der Waals surface area contributed by atoms with Crippen molar-refractivity contribution in [1.82, 2.24) is 0 Å². The number of para-hydroxylation sites is 1. The summed E-state index contributed by atoms with van der Waals surface area (Å²) in [6.07, 6.45) is -0.942. The first kappa shape index (κ1) is 25.6. The highest BCUT2D eigenvalue weighted by Gasteiger charge is 2.60. The molecular weight excluding hydrogens is 504 g/mol. The van der Waals surface area contributed by atoms with Gasteiger partial charge in [-0.25, -0.2) is 9.96 Å². The lowest BCUT2D eigenvalue weighted by atomic mass is 9.90. The number of imide groups is 1. The fourth-order valence-electron chi connectivity index (χ4n) is 5.41. The summed E-state index contributed by atoms with van der Waals surface area (Å²) >= 11 is 0. The highest BCUT2D eigenvalue weighted by atomic mass is 16.7. The first-order chi connectivity index (χ1) is 19.5. The first-order valence-corrected chi connectivity index (χ1v) is 13.4. The van der Waals surface area contributed by atoms with E-state index >= 15 is 0 Å². The van der Waals surface area contributed by atoms with Crippen molar-refractivity contribution in [2.24, 2.45) is 5.92 Å². The van der Waals surface area contributed by atoms with Crippen LogP contribution >= 0.6 is 0 Å². The Bertz CT molecular complexity index is 1520. The number of hydrogen-bond acceptors (Lipinski definition) is 6. The average molecular weight is 535 g/mol. The minimum absolute atomic E-state index is 0.286. The number of rotatable bonds is 8. The second kappa shape index (κ2) is 10.9. The van der Waals surface area contributed by atoms with E-state index in [9.17, 15) is 9.59 Å². The number of ether oxygens (including phenoxy) is 2. The van der Waals surface area contributed by atoms with Gasteiger partial charge in [-0.05, 0) is 66.9 Å². The molecule has 0 aromatic heterocycles. The van der Waals surface area contributed by atoms with Gasteiger partial charge in [0.2, 0.25) is 5.91 Å². The van der Waals surface area contributed by atoms with Crippen molar-refractivity contribution in [3.8, 4) is 11.5 Å². The normalized spacial score (nSPS) is 20.1. The fourth-order valence-corrected chi connectivity index (χ4v) is 5.41. The Hall–Kier alpha value is -4.62. The number of benzene rings is 4. The number of aryl methyl sites for hydroxylation is 1. The zero-order chi connectivity index (χ0) is 27.6. The molecule has 2 heterocycles. The van der Waals surface area contributed by atoms with Crippen molar-refractivity contribution in [3.05, 3.63) is 120 Å². The molecule has 4 aromatic rings. The van der Waals surface area contributed by atoms with Gasteiger partial charge in [0.25, 0.3) is 5.91 Å². The van der Waals surface area contributed by atoms with Gasteiger partial charge in [0, 0.05) is 0 Å². The third-order valence-corrected chi connectivity index (χ3v) is 7.23. The molecule has 0 saturated carbocycles. The molecule has 2 aliphatic rings. The number of amides is 2. The van der Waals surface area contributed by atoms with Crippen LogP contribution in [0.5, 0.6) is 11.5 Å². The van der Waals surface area contributed by atoms with E-state index in [1.807, 2.05) is 111 Å². The quantitative estimate of drug-likeness (QED) is 0.258. The zero-order valence-corrected chi connectivity index (χ0v) is 22.4. The van der Waals surface area contributed by atoms with Crippen LogP contribution in [0, 0.1) is 12.8 Å². The Kier molecular flexibility index (Phi) is 6.97. The molecule has 7 heteroatoms. The number of hydroxylamine groups is 1. The van der Waals surface area contributed by atoms with Crippen LogP contribution < -0.4 is 19.4 Å². The predicted octanol–water partition coefficient (Wildman–Crippen LogP) is 6.02. The zero-order valence-electron chi connectivity index (χ0n) is 22.4. The molecule has 0 spiro atoms. The van der Waals surface area contributed by atoms with E-state index in [1.165, 1.54) is 4.90 Å². The SMILES string of the molecule is CCOc1cc([C@@H]2[C@@H]3C(=O)N(c4cccc(C)c4)C(=O)[C@@H]3ON2c2ccccc2)ccc1OCc1ccccc1.